The van der Waals surface area contributed by atoms with Crippen LogP contribution in [0.5, 0.6) is 5.75 Å². The van der Waals surface area contributed by atoms with Gasteiger partial charge in [0.1, 0.15) is 5.75 Å². The van der Waals surface area contributed by atoms with Crippen LogP contribution in [0.25, 0.3) is 0 Å². The van der Waals surface area contributed by atoms with Crippen molar-refractivity contribution in [3.63, 3.8) is 0 Å². The van der Waals surface area contributed by atoms with Gasteiger partial charge in [-0.2, -0.15) is 11.8 Å². The number of methoxy groups -OCH3 is 2. The van der Waals surface area contributed by atoms with Crippen LogP contribution in [0.2, 0.25) is 0 Å². The molecule has 4 heteroatoms. The summed E-state index contributed by atoms with van der Waals surface area (Å²) in [5.41, 5.74) is 2.59. The third-order valence-electron chi connectivity index (χ3n) is 3.21. The molecule has 1 unspecified atom stereocenters. The molecule has 1 N–H and O–H groups in total. The molecule has 0 bridgehead atoms. The van der Waals surface area contributed by atoms with Gasteiger partial charge in [0, 0.05) is 31.1 Å². The van der Waals surface area contributed by atoms with Gasteiger partial charge in [-0.25, -0.2) is 0 Å². The third-order valence-corrected chi connectivity index (χ3v) is 4.30. The Morgan fingerprint density at radius 3 is 2.75 bits per heavy atom. The van der Waals surface area contributed by atoms with Crippen molar-refractivity contribution in [3.05, 3.63) is 29.3 Å². The summed E-state index contributed by atoms with van der Waals surface area (Å²) >= 11 is 1.93. The Bertz CT molecular complexity index is 385. The number of benzene rings is 1. The second-order valence-corrected chi connectivity index (χ2v) is 5.85. The summed E-state index contributed by atoms with van der Waals surface area (Å²) < 4.78 is 10.5. The maximum absolute atomic E-state index is 5.46. The highest BCUT2D eigenvalue weighted by molar-refractivity contribution is 7.98. The van der Waals surface area contributed by atoms with E-state index >= 15 is 0 Å². The van der Waals surface area contributed by atoms with Gasteiger partial charge in [0.25, 0.3) is 0 Å². The molecule has 0 saturated heterocycles. The van der Waals surface area contributed by atoms with Crippen molar-refractivity contribution in [2.24, 2.45) is 0 Å². The fourth-order valence-electron chi connectivity index (χ4n) is 2.09. The quantitative estimate of drug-likeness (QED) is 0.668. The van der Waals surface area contributed by atoms with Gasteiger partial charge in [0.2, 0.25) is 0 Å². The number of hydrogen-bond donors (Lipinski definition) is 1. The molecule has 1 rings (SSSR count). The maximum Gasteiger partial charge on any atom is 0.122 e. The maximum atomic E-state index is 5.46. The summed E-state index contributed by atoms with van der Waals surface area (Å²) in [5, 5.41) is 3.45. The van der Waals surface area contributed by atoms with Crippen LogP contribution in [0.3, 0.4) is 0 Å². The zero-order chi connectivity index (χ0) is 14.8. The second-order valence-electron chi connectivity index (χ2n) is 4.75. The summed E-state index contributed by atoms with van der Waals surface area (Å²) in [6.45, 7) is 6.14. The van der Waals surface area contributed by atoms with Crippen molar-refractivity contribution in [1.82, 2.24) is 5.32 Å². The van der Waals surface area contributed by atoms with Gasteiger partial charge in [-0.05, 0) is 43.3 Å². The topological polar surface area (TPSA) is 30.5 Å². The Kier molecular flexibility index (Phi) is 8.74. The molecule has 1 aromatic rings. The highest BCUT2D eigenvalue weighted by Crippen LogP contribution is 2.27. The summed E-state index contributed by atoms with van der Waals surface area (Å²) in [4.78, 5) is 0. The molecule has 0 aliphatic carbocycles. The molecule has 0 aliphatic rings. The number of thioether (sulfide) groups is 1. The van der Waals surface area contributed by atoms with E-state index in [0.717, 1.165) is 36.8 Å². The molecule has 0 radical (unpaired) electrons. The third kappa shape index (κ3) is 5.73. The number of nitrogens with one attached hydrogen (secondary N) is 1. The van der Waals surface area contributed by atoms with Crippen LogP contribution >= 0.6 is 11.8 Å². The number of ether oxygens (including phenoxy) is 2. The van der Waals surface area contributed by atoms with Crippen LogP contribution in [-0.4, -0.2) is 33.1 Å². The number of hydrogen-bond acceptors (Lipinski definition) is 4. The van der Waals surface area contributed by atoms with Crippen molar-refractivity contribution in [1.29, 1.82) is 0 Å². The summed E-state index contributed by atoms with van der Waals surface area (Å²) in [5.74, 6) is 3.08. The van der Waals surface area contributed by atoms with E-state index in [9.17, 15) is 0 Å². The molecule has 0 aliphatic heterocycles. The average molecular weight is 297 g/mol. The van der Waals surface area contributed by atoms with Crippen molar-refractivity contribution in [2.45, 2.75) is 32.1 Å². The zero-order valence-corrected chi connectivity index (χ0v) is 13.9. The van der Waals surface area contributed by atoms with E-state index in [2.05, 4.69) is 37.4 Å². The fraction of sp³-hybridized carbons (Fsp3) is 0.625. The van der Waals surface area contributed by atoms with Crippen LogP contribution in [0.15, 0.2) is 18.2 Å². The second kappa shape index (κ2) is 10.1. The molecule has 3 nitrogen and oxygen atoms in total. The lowest BCUT2D eigenvalue weighted by atomic mass is 10.0. The molecule has 114 valence electrons. The minimum absolute atomic E-state index is 0.378. The van der Waals surface area contributed by atoms with E-state index in [1.807, 2.05) is 11.8 Å². The first-order valence-corrected chi connectivity index (χ1v) is 8.35. The predicted octanol–water partition coefficient (Wildman–Crippen LogP) is 3.64. The van der Waals surface area contributed by atoms with Crippen LogP contribution in [0.4, 0.5) is 0 Å². The summed E-state index contributed by atoms with van der Waals surface area (Å²) in [7, 11) is 3.49. The molecule has 0 aromatic heterocycles. The van der Waals surface area contributed by atoms with E-state index in [-0.39, 0.29) is 0 Å². The fourth-order valence-corrected chi connectivity index (χ4v) is 3.00. The lowest BCUT2D eigenvalue weighted by molar-refractivity contribution is 0.200. The Labute approximate surface area is 127 Å². The lowest BCUT2D eigenvalue weighted by Crippen LogP contribution is -2.17. The van der Waals surface area contributed by atoms with Gasteiger partial charge >= 0.3 is 0 Å². The molecule has 0 spiro atoms. The Hall–Kier alpha value is -0.710. The van der Waals surface area contributed by atoms with Crippen molar-refractivity contribution in [3.8, 4) is 5.75 Å². The molecule has 0 saturated carbocycles. The molecule has 1 atom stereocenters. The van der Waals surface area contributed by atoms with E-state index in [0.29, 0.717) is 6.04 Å². The molecular formula is C16H27NO2S. The van der Waals surface area contributed by atoms with Gasteiger partial charge in [-0.3, -0.25) is 0 Å². The van der Waals surface area contributed by atoms with Crippen LogP contribution < -0.4 is 10.1 Å². The number of rotatable bonds is 10. The highest BCUT2D eigenvalue weighted by Gasteiger charge is 2.09. The van der Waals surface area contributed by atoms with Crippen molar-refractivity contribution < 1.29 is 9.47 Å². The van der Waals surface area contributed by atoms with Crippen molar-refractivity contribution >= 4 is 11.8 Å². The van der Waals surface area contributed by atoms with E-state index in [1.54, 1.807) is 14.2 Å². The van der Waals surface area contributed by atoms with Gasteiger partial charge < -0.3 is 14.8 Å². The smallest absolute Gasteiger partial charge is 0.122 e. The van der Waals surface area contributed by atoms with Crippen LogP contribution in [0, 0.1) is 0 Å². The van der Waals surface area contributed by atoms with Crippen molar-refractivity contribution in [2.75, 3.05) is 33.1 Å². The largest absolute Gasteiger partial charge is 0.496 e. The monoisotopic (exact) mass is 297 g/mol. The molecule has 0 amide bonds. The zero-order valence-electron chi connectivity index (χ0n) is 13.1. The van der Waals surface area contributed by atoms with Crippen LogP contribution in [-0.2, 0) is 10.5 Å². The Balaban J connectivity index is 2.63. The minimum Gasteiger partial charge on any atom is -0.496 e. The summed E-state index contributed by atoms with van der Waals surface area (Å²) in [6, 6.07) is 6.86. The standard InChI is InChI=1S/C16H27NO2S/c1-5-17-13(2)14-7-8-16(19-4)15(11-14)12-20-10-6-9-18-3/h7-8,11,13,17H,5-6,9-10,12H2,1-4H3. The minimum atomic E-state index is 0.378. The molecule has 1 aromatic carbocycles. The normalized spacial score (nSPS) is 12.4. The predicted molar refractivity (Wildman–Crippen MR) is 87.7 cm³/mol. The lowest BCUT2D eigenvalue weighted by Gasteiger charge is -2.16. The molecule has 0 fully saturated rings. The average Bonchev–Trinajstić information content (AvgIpc) is 2.47. The summed E-state index contributed by atoms with van der Waals surface area (Å²) in [6.07, 6.45) is 1.09. The molecule has 0 heterocycles. The van der Waals surface area contributed by atoms with Gasteiger partial charge in [0.05, 0.1) is 7.11 Å². The SMILES string of the molecule is CCNC(C)c1ccc(OC)c(CSCCCOC)c1. The van der Waals surface area contributed by atoms with Gasteiger partial charge in [-0.15, -0.1) is 0 Å². The highest BCUT2D eigenvalue weighted by atomic mass is 32.2. The first-order valence-electron chi connectivity index (χ1n) is 7.19. The van der Waals surface area contributed by atoms with E-state index in [4.69, 9.17) is 9.47 Å². The van der Waals surface area contributed by atoms with E-state index in [1.165, 1.54) is 11.1 Å². The molecular weight excluding hydrogens is 270 g/mol. The Morgan fingerprint density at radius 2 is 2.10 bits per heavy atom. The first-order chi connectivity index (χ1) is 9.72. The van der Waals surface area contributed by atoms with Gasteiger partial charge in [0.15, 0.2) is 0 Å². The van der Waals surface area contributed by atoms with Gasteiger partial charge in [-0.1, -0.05) is 13.0 Å². The van der Waals surface area contributed by atoms with E-state index < -0.39 is 0 Å². The van der Waals surface area contributed by atoms with Crippen LogP contribution in [0.1, 0.15) is 37.4 Å². The Morgan fingerprint density at radius 1 is 1.30 bits per heavy atom. The first kappa shape index (κ1) is 17.3. The molecule has 20 heavy (non-hydrogen) atoms.